The normalized spacial score (nSPS) is 23.4. The number of aryl methyl sites for hydroxylation is 2. The van der Waals surface area contributed by atoms with Crippen LogP contribution in [0.2, 0.25) is 0 Å². The molecule has 0 radical (unpaired) electrons. The maximum Gasteiger partial charge on any atom is 0.319 e. The molecule has 0 bridgehead atoms. The van der Waals surface area contributed by atoms with Crippen molar-refractivity contribution in [3.05, 3.63) is 29.7 Å². The lowest BCUT2D eigenvalue weighted by molar-refractivity contribution is 0.0913. The van der Waals surface area contributed by atoms with Gasteiger partial charge >= 0.3 is 6.03 Å². The second-order valence-electron chi connectivity index (χ2n) is 6.46. The summed E-state index contributed by atoms with van der Waals surface area (Å²) in [5.41, 5.74) is 1.40. The highest BCUT2D eigenvalue weighted by Crippen LogP contribution is 2.44. The van der Waals surface area contributed by atoms with Crippen LogP contribution >= 0.6 is 0 Å². The predicted octanol–water partition coefficient (Wildman–Crippen LogP) is 2.25. The van der Waals surface area contributed by atoms with Crippen molar-refractivity contribution in [2.45, 2.75) is 44.2 Å². The lowest BCUT2D eigenvalue weighted by Crippen LogP contribution is -2.40. The zero-order valence-corrected chi connectivity index (χ0v) is 13.8. The van der Waals surface area contributed by atoms with Crippen molar-refractivity contribution in [3.8, 4) is 0 Å². The maximum atomic E-state index is 12.4. The molecule has 128 valence electrons. The van der Waals surface area contributed by atoms with Crippen LogP contribution in [-0.2, 0) is 11.8 Å². The van der Waals surface area contributed by atoms with E-state index < -0.39 is 0 Å². The molecule has 2 aromatic rings. The first-order valence-corrected chi connectivity index (χ1v) is 8.26. The molecule has 2 aliphatic rings. The molecule has 24 heavy (non-hydrogen) atoms. The number of hydrogen-bond donors (Lipinski definition) is 2. The number of anilines is 1. The van der Waals surface area contributed by atoms with Crippen molar-refractivity contribution in [3.63, 3.8) is 0 Å². The van der Waals surface area contributed by atoms with E-state index in [2.05, 4.69) is 20.8 Å². The Hall–Kier alpha value is -2.35. The fourth-order valence-corrected chi connectivity index (χ4v) is 3.12. The molecule has 1 aliphatic heterocycles. The van der Waals surface area contributed by atoms with Crippen LogP contribution in [0.5, 0.6) is 0 Å². The summed E-state index contributed by atoms with van der Waals surface area (Å²) < 4.78 is 13.0. The first kappa shape index (κ1) is 15.2. The van der Waals surface area contributed by atoms with Gasteiger partial charge in [0.1, 0.15) is 23.3 Å². The molecule has 0 unspecified atom stereocenters. The van der Waals surface area contributed by atoms with Crippen LogP contribution in [-0.4, -0.2) is 33.4 Å². The van der Waals surface area contributed by atoms with Crippen molar-refractivity contribution >= 4 is 11.7 Å². The molecule has 1 saturated carbocycles. The molecule has 2 fully saturated rings. The lowest BCUT2D eigenvalue weighted by atomic mass is 10.1. The second-order valence-corrected chi connectivity index (χ2v) is 6.46. The van der Waals surface area contributed by atoms with Gasteiger partial charge in [0.25, 0.3) is 0 Å². The van der Waals surface area contributed by atoms with Crippen LogP contribution in [0.15, 0.2) is 16.9 Å². The number of hydrogen-bond acceptors (Lipinski definition) is 5. The van der Waals surface area contributed by atoms with E-state index in [1.807, 2.05) is 24.7 Å². The number of amides is 2. The van der Waals surface area contributed by atoms with E-state index in [0.29, 0.717) is 23.9 Å². The highest BCUT2D eigenvalue weighted by atomic mass is 16.5. The minimum Gasteiger partial charge on any atom is -0.368 e. The van der Waals surface area contributed by atoms with Gasteiger partial charge in [0.2, 0.25) is 0 Å². The van der Waals surface area contributed by atoms with E-state index in [9.17, 15) is 4.79 Å². The Morgan fingerprint density at radius 1 is 1.38 bits per heavy atom. The van der Waals surface area contributed by atoms with E-state index in [4.69, 9.17) is 9.26 Å². The van der Waals surface area contributed by atoms with Gasteiger partial charge in [0, 0.05) is 32.0 Å². The van der Waals surface area contributed by atoms with Crippen molar-refractivity contribution in [2.75, 3.05) is 11.9 Å². The molecule has 8 heteroatoms. The Bertz CT molecular complexity index is 749. The molecular weight excluding hydrogens is 310 g/mol. The number of carbonyl (C=O) groups is 1. The average Bonchev–Trinajstić information content (AvgIpc) is 2.98. The molecule has 2 atom stereocenters. The van der Waals surface area contributed by atoms with E-state index in [1.54, 1.807) is 6.20 Å². The average molecular weight is 331 g/mol. The van der Waals surface area contributed by atoms with Gasteiger partial charge in [0.15, 0.2) is 5.76 Å². The number of ether oxygens (including phenoxy) is 1. The summed E-state index contributed by atoms with van der Waals surface area (Å²) in [6, 6.07) is -0.381. The number of imidazole rings is 1. The highest BCUT2D eigenvalue weighted by Gasteiger charge is 2.35. The molecule has 0 spiro atoms. The summed E-state index contributed by atoms with van der Waals surface area (Å²) in [6.45, 7) is 2.43. The van der Waals surface area contributed by atoms with Crippen LogP contribution in [0.4, 0.5) is 10.5 Å². The molecule has 4 rings (SSSR count). The fraction of sp³-hybridized carbons (Fsp3) is 0.562. The molecule has 1 aliphatic carbocycles. The van der Waals surface area contributed by atoms with E-state index in [-0.39, 0.29) is 18.2 Å². The van der Waals surface area contributed by atoms with Crippen molar-refractivity contribution in [1.82, 2.24) is 20.0 Å². The number of nitrogens with one attached hydrogen (secondary N) is 2. The van der Waals surface area contributed by atoms with Gasteiger partial charge in [-0.15, -0.1) is 0 Å². The number of carbonyl (C=O) groups excluding carboxylic acids is 1. The molecule has 2 N–H and O–H groups in total. The summed E-state index contributed by atoms with van der Waals surface area (Å²) in [7, 11) is 1.92. The fourth-order valence-electron chi connectivity index (χ4n) is 3.12. The lowest BCUT2D eigenvalue weighted by Gasteiger charge is -2.19. The summed E-state index contributed by atoms with van der Waals surface area (Å²) in [4.78, 5) is 16.8. The van der Waals surface area contributed by atoms with E-state index in [1.165, 1.54) is 0 Å². The Labute approximate surface area is 139 Å². The number of urea groups is 1. The van der Waals surface area contributed by atoms with Gasteiger partial charge in [0.05, 0.1) is 6.04 Å². The van der Waals surface area contributed by atoms with Crippen LogP contribution < -0.4 is 10.6 Å². The Kier molecular flexibility index (Phi) is 3.76. The highest BCUT2D eigenvalue weighted by molar-refractivity contribution is 5.90. The summed E-state index contributed by atoms with van der Waals surface area (Å²) in [5, 5.41) is 9.87. The molecule has 1 saturated heterocycles. The van der Waals surface area contributed by atoms with Gasteiger partial charge in [-0.2, -0.15) is 0 Å². The zero-order valence-electron chi connectivity index (χ0n) is 13.8. The third-order valence-electron chi connectivity index (χ3n) is 4.60. The summed E-state index contributed by atoms with van der Waals surface area (Å²) >= 11 is 0. The topological polar surface area (TPSA) is 94.2 Å². The molecule has 2 amide bonds. The van der Waals surface area contributed by atoms with Gasteiger partial charge < -0.3 is 24.5 Å². The zero-order chi connectivity index (χ0) is 16.7. The smallest absolute Gasteiger partial charge is 0.319 e. The third kappa shape index (κ3) is 2.77. The standard InChI is InChI=1S/C16H21N5O3/c1-9-12(13(24-20-9)10-3-4-10)19-16(22)18-11-5-8-23-14(11)15-17-6-7-21(15)2/h6-7,10-11,14H,3-5,8H2,1-2H3,(H2,18,19,22)/t11-,14-/m1/s1. The minimum absolute atomic E-state index is 0.115. The van der Waals surface area contributed by atoms with E-state index >= 15 is 0 Å². The molecule has 2 aromatic heterocycles. The molecular formula is C16H21N5O3. The first-order valence-electron chi connectivity index (χ1n) is 8.26. The second kappa shape index (κ2) is 5.94. The van der Waals surface area contributed by atoms with Crippen molar-refractivity contribution in [1.29, 1.82) is 0 Å². The van der Waals surface area contributed by atoms with Crippen LogP contribution in [0, 0.1) is 6.92 Å². The monoisotopic (exact) mass is 331 g/mol. The summed E-state index contributed by atoms with van der Waals surface area (Å²) in [5.74, 6) is 1.99. The largest absolute Gasteiger partial charge is 0.368 e. The number of rotatable bonds is 4. The van der Waals surface area contributed by atoms with Crippen molar-refractivity contribution in [2.24, 2.45) is 7.05 Å². The predicted molar refractivity (Wildman–Crippen MR) is 85.7 cm³/mol. The van der Waals surface area contributed by atoms with E-state index in [0.717, 1.165) is 30.8 Å². The molecule has 3 heterocycles. The number of aromatic nitrogens is 3. The first-order chi connectivity index (χ1) is 11.6. The maximum absolute atomic E-state index is 12.4. The van der Waals surface area contributed by atoms with Crippen LogP contribution in [0.1, 0.15) is 48.6 Å². The molecule has 0 aromatic carbocycles. The van der Waals surface area contributed by atoms with Gasteiger partial charge in [-0.1, -0.05) is 5.16 Å². The van der Waals surface area contributed by atoms with Crippen LogP contribution in [0.25, 0.3) is 0 Å². The third-order valence-corrected chi connectivity index (χ3v) is 4.60. The van der Waals surface area contributed by atoms with Crippen LogP contribution in [0.3, 0.4) is 0 Å². The van der Waals surface area contributed by atoms with Gasteiger partial charge in [-0.25, -0.2) is 9.78 Å². The Morgan fingerprint density at radius 2 is 2.21 bits per heavy atom. The quantitative estimate of drug-likeness (QED) is 0.896. The SMILES string of the molecule is Cc1noc(C2CC2)c1NC(=O)N[C@@H]1CCO[C@H]1c1nccn1C. The molecule has 8 nitrogen and oxygen atoms in total. The minimum atomic E-state index is -0.266. The Morgan fingerprint density at radius 3 is 2.92 bits per heavy atom. The summed E-state index contributed by atoms with van der Waals surface area (Å²) in [6.07, 6.45) is 6.30. The van der Waals surface area contributed by atoms with Crippen molar-refractivity contribution < 1.29 is 14.1 Å². The van der Waals surface area contributed by atoms with Gasteiger partial charge in [-0.05, 0) is 26.2 Å². The number of nitrogens with zero attached hydrogens (tertiary/aromatic N) is 3. The van der Waals surface area contributed by atoms with Gasteiger partial charge in [-0.3, -0.25) is 0 Å². The Balaban J connectivity index is 1.44.